The zero-order chi connectivity index (χ0) is 16.0. The van der Waals surface area contributed by atoms with Gasteiger partial charge in [-0.25, -0.2) is 0 Å². The van der Waals surface area contributed by atoms with Gasteiger partial charge in [0.2, 0.25) is 11.8 Å². The van der Waals surface area contributed by atoms with Crippen LogP contribution in [0.2, 0.25) is 0 Å². The largest absolute Gasteiger partial charge is 0.339 e. The maximum atomic E-state index is 12.5. The number of rotatable bonds is 5. The van der Waals surface area contributed by atoms with Crippen molar-refractivity contribution in [1.82, 2.24) is 19.9 Å². The van der Waals surface area contributed by atoms with E-state index in [4.69, 9.17) is 4.52 Å². The summed E-state index contributed by atoms with van der Waals surface area (Å²) in [5, 5.41) is 4.12. The predicted molar refractivity (Wildman–Crippen MR) is 84.8 cm³/mol. The van der Waals surface area contributed by atoms with Crippen molar-refractivity contribution in [3.8, 4) is 0 Å². The molecule has 6 heteroatoms. The number of carbonyl (C=O) groups excluding carboxylic acids is 1. The predicted octanol–water partition coefficient (Wildman–Crippen LogP) is 2.34. The first-order valence-electron chi connectivity index (χ1n) is 8.86. The summed E-state index contributed by atoms with van der Waals surface area (Å²) in [5.41, 5.74) is 0.438. The molecule has 3 fully saturated rings. The van der Waals surface area contributed by atoms with E-state index in [0.29, 0.717) is 30.2 Å². The van der Waals surface area contributed by atoms with Gasteiger partial charge in [-0.15, -0.1) is 0 Å². The van der Waals surface area contributed by atoms with E-state index >= 15 is 0 Å². The van der Waals surface area contributed by atoms with Gasteiger partial charge >= 0.3 is 0 Å². The molecule has 3 aliphatic rings. The molecular weight excluding hydrogens is 292 g/mol. The fourth-order valence-corrected chi connectivity index (χ4v) is 3.29. The highest BCUT2D eigenvalue weighted by atomic mass is 16.5. The highest BCUT2D eigenvalue weighted by molar-refractivity contribution is 5.76. The second kappa shape index (κ2) is 5.58. The zero-order valence-electron chi connectivity index (χ0n) is 14.1. The van der Waals surface area contributed by atoms with Crippen molar-refractivity contribution in [3.63, 3.8) is 0 Å². The van der Waals surface area contributed by atoms with Gasteiger partial charge < -0.3 is 9.42 Å². The smallest absolute Gasteiger partial charge is 0.245 e. The number of hydrogen-bond donors (Lipinski definition) is 0. The van der Waals surface area contributed by atoms with E-state index in [0.717, 1.165) is 25.3 Å². The van der Waals surface area contributed by atoms with Crippen LogP contribution in [0.5, 0.6) is 0 Å². The minimum atomic E-state index is 0.0317. The molecule has 1 aromatic rings. The summed E-state index contributed by atoms with van der Waals surface area (Å²) in [6, 6.07) is 0.0317. The van der Waals surface area contributed by atoms with Gasteiger partial charge in [0.25, 0.3) is 0 Å². The fraction of sp³-hybridized carbons (Fsp3) is 0.824. The van der Waals surface area contributed by atoms with Crippen molar-refractivity contribution < 1.29 is 9.32 Å². The average molecular weight is 318 g/mol. The molecule has 1 aromatic heterocycles. The quantitative estimate of drug-likeness (QED) is 0.834. The highest BCUT2D eigenvalue weighted by Crippen LogP contribution is 2.49. The topological polar surface area (TPSA) is 62.5 Å². The molecule has 1 aliphatic heterocycles. The molecule has 6 nitrogen and oxygen atoms in total. The van der Waals surface area contributed by atoms with E-state index in [1.165, 1.54) is 25.7 Å². The van der Waals surface area contributed by atoms with Gasteiger partial charge in [-0.2, -0.15) is 4.98 Å². The van der Waals surface area contributed by atoms with Crippen molar-refractivity contribution in [1.29, 1.82) is 0 Å². The molecule has 2 saturated carbocycles. The van der Waals surface area contributed by atoms with Crippen LogP contribution < -0.4 is 0 Å². The van der Waals surface area contributed by atoms with E-state index in [-0.39, 0.29) is 11.9 Å². The molecule has 1 saturated heterocycles. The lowest BCUT2D eigenvalue weighted by molar-refractivity contribution is -0.134. The third-order valence-electron chi connectivity index (χ3n) is 5.73. The van der Waals surface area contributed by atoms with Crippen molar-refractivity contribution >= 4 is 5.91 Å². The maximum absolute atomic E-state index is 12.5. The highest BCUT2D eigenvalue weighted by Gasteiger charge is 2.39. The van der Waals surface area contributed by atoms with E-state index < -0.39 is 0 Å². The van der Waals surface area contributed by atoms with Gasteiger partial charge in [-0.05, 0) is 44.6 Å². The lowest BCUT2D eigenvalue weighted by atomic mass is 10.0. The van der Waals surface area contributed by atoms with Crippen LogP contribution >= 0.6 is 0 Å². The van der Waals surface area contributed by atoms with Crippen LogP contribution in [0.4, 0.5) is 0 Å². The Hall–Kier alpha value is -1.43. The Kier molecular flexibility index (Phi) is 3.67. The molecule has 0 N–H and O–H groups in total. The lowest BCUT2D eigenvalue weighted by Gasteiger charge is -2.37. The van der Waals surface area contributed by atoms with Crippen LogP contribution in [0.25, 0.3) is 0 Å². The first kappa shape index (κ1) is 15.1. The molecule has 0 spiro atoms. The van der Waals surface area contributed by atoms with E-state index in [1.807, 2.05) is 4.90 Å². The van der Waals surface area contributed by atoms with Crippen LogP contribution in [-0.2, 0) is 4.79 Å². The van der Waals surface area contributed by atoms with Crippen molar-refractivity contribution in [3.05, 3.63) is 11.7 Å². The minimum absolute atomic E-state index is 0.0317. The molecule has 2 aliphatic carbocycles. The van der Waals surface area contributed by atoms with Gasteiger partial charge in [0, 0.05) is 32.0 Å². The first-order valence-corrected chi connectivity index (χ1v) is 8.86. The van der Waals surface area contributed by atoms with Crippen molar-refractivity contribution in [2.75, 3.05) is 26.7 Å². The van der Waals surface area contributed by atoms with Crippen LogP contribution in [0.1, 0.15) is 69.1 Å². The molecule has 0 bridgehead atoms. The van der Waals surface area contributed by atoms with Gasteiger partial charge in [-0.3, -0.25) is 9.69 Å². The number of likely N-dealkylation sites (N-methyl/N-ethyl adjacent to an activating group) is 1. The van der Waals surface area contributed by atoms with E-state index in [9.17, 15) is 4.79 Å². The van der Waals surface area contributed by atoms with Crippen molar-refractivity contribution in [2.45, 2.75) is 57.4 Å². The van der Waals surface area contributed by atoms with Crippen LogP contribution in [0.3, 0.4) is 0 Å². The molecule has 1 amide bonds. The Balaban J connectivity index is 1.39. The number of carbonyl (C=O) groups is 1. The second-order valence-corrected chi connectivity index (χ2v) is 7.91. The van der Waals surface area contributed by atoms with Gasteiger partial charge in [-0.1, -0.05) is 12.1 Å². The minimum Gasteiger partial charge on any atom is -0.339 e. The molecule has 1 unspecified atom stereocenters. The van der Waals surface area contributed by atoms with Crippen molar-refractivity contribution in [2.24, 2.45) is 5.41 Å². The molecule has 4 rings (SSSR count). The number of nitrogens with zero attached hydrogens (tertiary/aromatic N) is 4. The Bertz CT molecular complexity index is 591. The third-order valence-corrected chi connectivity index (χ3v) is 5.73. The fourth-order valence-electron chi connectivity index (χ4n) is 3.29. The number of piperazine rings is 1. The summed E-state index contributed by atoms with van der Waals surface area (Å²) in [6.07, 6.45) is 6.58. The number of amides is 1. The standard InChI is InChI=1S/C17H26N4O2/c1-17(7-8-17)6-5-14(22)21-10-9-20(2)13(11-21)16-18-15(19-23-16)12-3-4-12/h12-13H,3-11H2,1-2H3. The van der Waals surface area contributed by atoms with E-state index in [1.54, 1.807) is 0 Å². The summed E-state index contributed by atoms with van der Waals surface area (Å²) in [7, 11) is 2.07. The number of hydrogen-bond acceptors (Lipinski definition) is 5. The number of aromatic nitrogens is 2. The molecular formula is C17H26N4O2. The third kappa shape index (κ3) is 3.27. The van der Waals surface area contributed by atoms with Gasteiger partial charge in [0.15, 0.2) is 5.82 Å². The second-order valence-electron chi connectivity index (χ2n) is 7.91. The Morgan fingerprint density at radius 2 is 2.13 bits per heavy atom. The SMILES string of the molecule is CN1CCN(C(=O)CCC2(C)CC2)CC1c1nc(C2CC2)no1. The summed E-state index contributed by atoms with van der Waals surface area (Å²) >= 11 is 0. The Labute approximate surface area is 137 Å². The normalized spacial score (nSPS) is 27.2. The van der Waals surface area contributed by atoms with Gasteiger partial charge in [0.05, 0.1) is 0 Å². The lowest BCUT2D eigenvalue weighted by Crippen LogP contribution is -2.49. The maximum Gasteiger partial charge on any atom is 0.245 e. The first-order chi connectivity index (χ1) is 11.0. The summed E-state index contributed by atoms with van der Waals surface area (Å²) in [5.74, 6) is 2.29. The summed E-state index contributed by atoms with van der Waals surface area (Å²) in [6.45, 7) is 4.60. The monoisotopic (exact) mass is 318 g/mol. The van der Waals surface area contributed by atoms with Crippen LogP contribution in [0, 0.1) is 5.41 Å². The van der Waals surface area contributed by atoms with Gasteiger partial charge in [0.1, 0.15) is 6.04 Å². The summed E-state index contributed by atoms with van der Waals surface area (Å²) < 4.78 is 5.49. The molecule has 2 heterocycles. The average Bonchev–Trinajstić information content (AvgIpc) is 3.47. The Morgan fingerprint density at radius 1 is 1.35 bits per heavy atom. The molecule has 1 atom stereocenters. The van der Waals surface area contributed by atoms with Crippen LogP contribution in [-0.4, -0.2) is 52.5 Å². The Morgan fingerprint density at radius 3 is 2.83 bits per heavy atom. The molecule has 23 heavy (non-hydrogen) atoms. The molecule has 0 aromatic carbocycles. The molecule has 126 valence electrons. The molecule has 0 radical (unpaired) electrons. The van der Waals surface area contributed by atoms with Crippen LogP contribution in [0.15, 0.2) is 4.52 Å². The summed E-state index contributed by atoms with van der Waals surface area (Å²) in [4.78, 5) is 21.3. The van der Waals surface area contributed by atoms with E-state index in [2.05, 4.69) is 29.0 Å². The zero-order valence-corrected chi connectivity index (χ0v) is 14.1.